The van der Waals surface area contributed by atoms with Crippen molar-refractivity contribution in [3.63, 3.8) is 0 Å². The van der Waals surface area contributed by atoms with E-state index in [2.05, 4.69) is 10.3 Å². The fraction of sp³-hybridized carbons (Fsp3) is 0.333. The molecule has 5 nitrogen and oxygen atoms in total. The Morgan fingerprint density at radius 2 is 1.92 bits per heavy atom. The highest BCUT2D eigenvalue weighted by Crippen LogP contribution is 2.21. The Kier molecular flexibility index (Phi) is 7.19. The summed E-state index contributed by atoms with van der Waals surface area (Å²) in [6.07, 6.45) is 3.03. The lowest BCUT2D eigenvalue weighted by Crippen LogP contribution is -2.48. The monoisotopic (exact) mass is 349 g/mol. The number of amides is 1. The maximum atomic E-state index is 12.1. The predicted molar refractivity (Wildman–Crippen MR) is 98.9 cm³/mol. The second-order valence-electron chi connectivity index (χ2n) is 5.92. The molecule has 2 aromatic rings. The Balaban J connectivity index is 0.00000288. The van der Waals surface area contributed by atoms with Crippen molar-refractivity contribution >= 4 is 24.0 Å². The molecule has 6 heteroatoms. The fourth-order valence-electron chi connectivity index (χ4n) is 2.15. The number of carbonyl (C=O) groups excluding carboxylic acids is 1. The minimum Gasteiger partial charge on any atom is -0.439 e. The van der Waals surface area contributed by atoms with Crippen LogP contribution >= 0.6 is 12.4 Å². The Hall–Kier alpha value is -2.11. The van der Waals surface area contributed by atoms with Crippen molar-refractivity contribution in [3.8, 4) is 11.6 Å². The standard InChI is InChI=1S/C18H23N3O2.ClH/c1-4-11-18(3,19)17(22)21-14-7-10-16(20-12-14)23-15-8-5-13(2)6-9-15;/h5-10,12H,4,11,19H2,1-3H3,(H,21,22);1H. The van der Waals surface area contributed by atoms with E-state index < -0.39 is 5.54 Å². The fourth-order valence-corrected chi connectivity index (χ4v) is 2.15. The lowest BCUT2D eigenvalue weighted by molar-refractivity contribution is -0.120. The number of benzene rings is 1. The quantitative estimate of drug-likeness (QED) is 0.824. The highest BCUT2D eigenvalue weighted by molar-refractivity contribution is 5.97. The van der Waals surface area contributed by atoms with Crippen LogP contribution in [0.4, 0.5) is 5.69 Å². The molecule has 1 unspecified atom stereocenters. The van der Waals surface area contributed by atoms with Gasteiger partial charge in [0.2, 0.25) is 11.8 Å². The maximum absolute atomic E-state index is 12.1. The van der Waals surface area contributed by atoms with Gasteiger partial charge in [-0.3, -0.25) is 4.79 Å². The Morgan fingerprint density at radius 3 is 2.46 bits per heavy atom. The van der Waals surface area contributed by atoms with Crippen molar-refractivity contribution in [2.75, 3.05) is 5.32 Å². The molecular weight excluding hydrogens is 326 g/mol. The number of pyridine rings is 1. The highest BCUT2D eigenvalue weighted by Gasteiger charge is 2.27. The molecule has 1 amide bonds. The molecule has 0 radical (unpaired) electrons. The molecule has 0 aliphatic rings. The van der Waals surface area contributed by atoms with E-state index >= 15 is 0 Å². The SMILES string of the molecule is CCCC(C)(N)C(=O)Nc1ccc(Oc2ccc(C)cc2)nc1.Cl. The van der Waals surface area contributed by atoms with Crippen LogP contribution in [0.2, 0.25) is 0 Å². The number of anilines is 1. The van der Waals surface area contributed by atoms with Crippen molar-refractivity contribution in [1.82, 2.24) is 4.98 Å². The summed E-state index contributed by atoms with van der Waals surface area (Å²) < 4.78 is 5.65. The Bertz CT molecular complexity index is 655. The van der Waals surface area contributed by atoms with Gasteiger partial charge >= 0.3 is 0 Å². The molecule has 3 N–H and O–H groups in total. The number of carbonyl (C=O) groups is 1. The molecular formula is C18H24ClN3O2. The van der Waals surface area contributed by atoms with E-state index in [0.717, 1.165) is 12.2 Å². The largest absolute Gasteiger partial charge is 0.439 e. The second kappa shape index (κ2) is 8.66. The van der Waals surface area contributed by atoms with E-state index in [0.29, 0.717) is 18.0 Å². The van der Waals surface area contributed by atoms with Gasteiger partial charge in [0.05, 0.1) is 17.4 Å². The zero-order valence-electron chi connectivity index (χ0n) is 14.2. The summed E-state index contributed by atoms with van der Waals surface area (Å²) >= 11 is 0. The van der Waals surface area contributed by atoms with Gasteiger partial charge in [-0.2, -0.15) is 0 Å². The molecule has 0 saturated heterocycles. The number of aryl methyl sites for hydroxylation is 1. The molecule has 1 aromatic carbocycles. The summed E-state index contributed by atoms with van der Waals surface area (Å²) in [7, 11) is 0. The summed E-state index contributed by atoms with van der Waals surface area (Å²) in [6.45, 7) is 5.74. The normalized spacial score (nSPS) is 12.7. The number of nitrogens with two attached hydrogens (primary N) is 1. The molecule has 130 valence electrons. The molecule has 0 aliphatic carbocycles. The van der Waals surface area contributed by atoms with Crippen LogP contribution in [-0.2, 0) is 4.79 Å². The van der Waals surface area contributed by atoms with Gasteiger partial charge in [-0.25, -0.2) is 4.98 Å². The number of rotatable bonds is 6. The van der Waals surface area contributed by atoms with Crippen molar-refractivity contribution in [1.29, 1.82) is 0 Å². The average Bonchev–Trinajstić information content (AvgIpc) is 2.51. The number of hydrogen-bond donors (Lipinski definition) is 2. The third-order valence-electron chi connectivity index (χ3n) is 3.53. The lowest BCUT2D eigenvalue weighted by atomic mass is 9.96. The Morgan fingerprint density at radius 1 is 1.25 bits per heavy atom. The van der Waals surface area contributed by atoms with Crippen molar-refractivity contribution in [2.24, 2.45) is 5.73 Å². The van der Waals surface area contributed by atoms with Gasteiger partial charge in [-0.05, 0) is 38.5 Å². The zero-order chi connectivity index (χ0) is 16.9. The average molecular weight is 350 g/mol. The second-order valence-corrected chi connectivity index (χ2v) is 5.92. The molecule has 0 bridgehead atoms. The first-order chi connectivity index (χ1) is 10.9. The molecule has 24 heavy (non-hydrogen) atoms. The number of hydrogen-bond acceptors (Lipinski definition) is 4. The molecule has 1 atom stereocenters. The van der Waals surface area contributed by atoms with E-state index in [1.165, 1.54) is 5.56 Å². The van der Waals surface area contributed by atoms with E-state index in [1.54, 1.807) is 25.3 Å². The summed E-state index contributed by atoms with van der Waals surface area (Å²) in [5.74, 6) is 0.974. The number of aromatic nitrogens is 1. The lowest BCUT2D eigenvalue weighted by Gasteiger charge is -2.22. The summed E-state index contributed by atoms with van der Waals surface area (Å²) in [5, 5.41) is 2.78. The van der Waals surface area contributed by atoms with Crippen LogP contribution in [0.1, 0.15) is 32.3 Å². The Labute approximate surface area is 149 Å². The maximum Gasteiger partial charge on any atom is 0.244 e. The van der Waals surface area contributed by atoms with Gasteiger partial charge in [-0.1, -0.05) is 31.0 Å². The first-order valence-electron chi connectivity index (χ1n) is 7.71. The number of nitrogens with zero attached hydrogens (tertiary/aromatic N) is 1. The van der Waals surface area contributed by atoms with E-state index in [1.807, 2.05) is 38.1 Å². The molecule has 1 heterocycles. The van der Waals surface area contributed by atoms with Crippen LogP contribution in [0.25, 0.3) is 0 Å². The molecule has 0 spiro atoms. The molecule has 0 aliphatic heterocycles. The van der Waals surface area contributed by atoms with Gasteiger partial charge in [0.15, 0.2) is 0 Å². The molecule has 0 fully saturated rings. The molecule has 0 saturated carbocycles. The predicted octanol–water partition coefficient (Wildman–Crippen LogP) is 4.06. The summed E-state index contributed by atoms with van der Waals surface area (Å²) in [4.78, 5) is 16.3. The number of nitrogens with one attached hydrogen (secondary N) is 1. The highest BCUT2D eigenvalue weighted by atomic mass is 35.5. The summed E-state index contributed by atoms with van der Waals surface area (Å²) in [6, 6.07) is 11.2. The first-order valence-corrected chi connectivity index (χ1v) is 7.71. The van der Waals surface area contributed by atoms with Crippen LogP contribution in [0.5, 0.6) is 11.6 Å². The van der Waals surface area contributed by atoms with Gasteiger partial charge < -0.3 is 15.8 Å². The van der Waals surface area contributed by atoms with Gasteiger partial charge in [0.1, 0.15) is 5.75 Å². The number of halogens is 1. The van der Waals surface area contributed by atoms with E-state index in [4.69, 9.17) is 10.5 Å². The van der Waals surface area contributed by atoms with Crippen LogP contribution in [0.3, 0.4) is 0 Å². The van der Waals surface area contributed by atoms with Crippen LogP contribution < -0.4 is 15.8 Å². The smallest absolute Gasteiger partial charge is 0.244 e. The van der Waals surface area contributed by atoms with Crippen LogP contribution in [-0.4, -0.2) is 16.4 Å². The van der Waals surface area contributed by atoms with E-state index in [9.17, 15) is 4.79 Å². The minimum absolute atomic E-state index is 0. The van der Waals surface area contributed by atoms with Crippen LogP contribution in [0.15, 0.2) is 42.6 Å². The first kappa shape index (κ1) is 19.9. The van der Waals surface area contributed by atoms with Gasteiger partial charge in [0, 0.05) is 6.07 Å². The van der Waals surface area contributed by atoms with E-state index in [-0.39, 0.29) is 18.3 Å². The van der Waals surface area contributed by atoms with Crippen molar-refractivity contribution in [2.45, 2.75) is 39.2 Å². The van der Waals surface area contributed by atoms with Crippen molar-refractivity contribution < 1.29 is 9.53 Å². The third-order valence-corrected chi connectivity index (χ3v) is 3.53. The van der Waals surface area contributed by atoms with Crippen molar-refractivity contribution in [3.05, 3.63) is 48.2 Å². The number of ether oxygens (including phenoxy) is 1. The van der Waals surface area contributed by atoms with Crippen LogP contribution in [0, 0.1) is 6.92 Å². The molecule has 2 rings (SSSR count). The van der Waals surface area contributed by atoms with Gasteiger partial charge in [0.25, 0.3) is 0 Å². The van der Waals surface area contributed by atoms with Gasteiger partial charge in [-0.15, -0.1) is 12.4 Å². The topological polar surface area (TPSA) is 77.2 Å². The molecule has 1 aromatic heterocycles. The zero-order valence-corrected chi connectivity index (χ0v) is 15.0. The third kappa shape index (κ3) is 5.51. The minimum atomic E-state index is -0.883. The summed E-state index contributed by atoms with van der Waals surface area (Å²) in [5.41, 5.74) is 6.89.